The van der Waals surface area contributed by atoms with Crippen LogP contribution in [0, 0.1) is 0 Å². The summed E-state index contributed by atoms with van der Waals surface area (Å²) in [7, 11) is 0. The smallest absolute Gasteiger partial charge is 0.278 e. The number of carbonyl (C=O) groups is 2. The van der Waals surface area contributed by atoms with E-state index in [1.807, 2.05) is 0 Å². The van der Waals surface area contributed by atoms with Crippen molar-refractivity contribution in [3.63, 3.8) is 0 Å². The van der Waals surface area contributed by atoms with Crippen molar-refractivity contribution >= 4 is 11.8 Å². The van der Waals surface area contributed by atoms with Gasteiger partial charge in [0, 0.05) is 25.2 Å². The predicted molar refractivity (Wildman–Crippen MR) is 80.0 cm³/mol. The summed E-state index contributed by atoms with van der Waals surface area (Å²) < 4.78 is 11.4. The van der Waals surface area contributed by atoms with Gasteiger partial charge in [0.15, 0.2) is 0 Å². The van der Waals surface area contributed by atoms with Gasteiger partial charge in [0.2, 0.25) is 11.8 Å². The summed E-state index contributed by atoms with van der Waals surface area (Å²) >= 11 is 0. The van der Waals surface area contributed by atoms with Crippen molar-refractivity contribution in [2.24, 2.45) is 0 Å². The maximum absolute atomic E-state index is 11.5. The Morgan fingerprint density at radius 2 is 1.74 bits per heavy atom. The van der Waals surface area contributed by atoms with E-state index >= 15 is 0 Å². The van der Waals surface area contributed by atoms with Crippen LogP contribution in [0.3, 0.4) is 0 Å². The first-order valence-electron chi connectivity index (χ1n) is 7.88. The fraction of sp³-hybridized carbons (Fsp3) is 0.600. The van der Waals surface area contributed by atoms with E-state index in [1.165, 1.54) is 11.1 Å². The lowest BCUT2D eigenvalue weighted by molar-refractivity contribution is -0.138. The molecule has 0 spiro atoms. The van der Waals surface area contributed by atoms with E-state index in [4.69, 9.17) is 9.47 Å². The number of imide groups is 1. The lowest BCUT2D eigenvalue weighted by Gasteiger charge is -2.23. The molecule has 3 rings (SSSR count). The van der Waals surface area contributed by atoms with Crippen molar-refractivity contribution in [1.29, 1.82) is 0 Å². The van der Waals surface area contributed by atoms with Crippen LogP contribution in [0.5, 0.6) is 11.8 Å². The standard InChI is InChI=1S/C15H20N4O4/c20-12-1-2-13(21)19(12)9-10-22-14-15(18-8-7-17-14)23-11-3-5-16-6-4-11/h7-8,11,16H,1-6,9-10H2. The fourth-order valence-corrected chi connectivity index (χ4v) is 2.67. The zero-order chi connectivity index (χ0) is 16.1. The van der Waals surface area contributed by atoms with Gasteiger partial charge in [0.25, 0.3) is 11.8 Å². The SMILES string of the molecule is O=C1CCC(=O)N1CCOc1nccnc1OC1CCNCC1. The van der Waals surface area contributed by atoms with Gasteiger partial charge in [-0.25, -0.2) is 9.97 Å². The highest BCUT2D eigenvalue weighted by atomic mass is 16.5. The number of hydrogen-bond acceptors (Lipinski definition) is 7. The van der Waals surface area contributed by atoms with Crippen molar-refractivity contribution in [2.45, 2.75) is 31.8 Å². The van der Waals surface area contributed by atoms with Crippen LogP contribution in [-0.4, -0.2) is 59.0 Å². The molecule has 8 heteroatoms. The quantitative estimate of drug-likeness (QED) is 0.745. The topological polar surface area (TPSA) is 93.7 Å². The number of carbonyl (C=O) groups excluding carboxylic acids is 2. The molecule has 1 aromatic rings. The summed E-state index contributed by atoms with van der Waals surface area (Å²) in [5, 5.41) is 3.27. The zero-order valence-electron chi connectivity index (χ0n) is 12.9. The second-order valence-electron chi connectivity index (χ2n) is 5.52. The van der Waals surface area contributed by atoms with Crippen molar-refractivity contribution in [3.05, 3.63) is 12.4 Å². The third kappa shape index (κ3) is 3.95. The molecule has 0 saturated carbocycles. The van der Waals surface area contributed by atoms with Crippen molar-refractivity contribution in [3.8, 4) is 11.8 Å². The molecular weight excluding hydrogens is 300 g/mol. The van der Waals surface area contributed by atoms with E-state index in [1.54, 1.807) is 6.20 Å². The van der Waals surface area contributed by atoms with Crippen LogP contribution in [0.25, 0.3) is 0 Å². The van der Waals surface area contributed by atoms with Gasteiger partial charge in [0.05, 0.1) is 6.54 Å². The highest BCUT2D eigenvalue weighted by Gasteiger charge is 2.28. The highest BCUT2D eigenvalue weighted by molar-refractivity contribution is 6.01. The van der Waals surface area contributed by atoms with E-state index in [-0.39, 0.29) is 43.9 Å². The Morgan fingerprint density at radius 1 is 1.09 bits per heavy atom. The van der Waals surface area contributed by atoms with Crippen molar-refractivity contribution in [1.82, 2.24) is 20.2 Å². The molecule has 2 saturated heterocycles. The van der Waals surface area contributed by atoms with E-state index in [9.17, 15) is 9.59 Å². The Balaban J connectivity index is 1.55. The average molecular weight is 320 g/mol. The summed E-state index contributed by atoms with van der Waals surface area (Å²) in [6.45, 7) is 2.24. The summed E-state index contributed by atoms with van der Waals surface area (Å²) in [6.07, 6.45) is 5.56. The Bertz CT molecular complexity index is 558. The van der Waals surface area contributed by atoms with Gasteiger partial charge in [-0.15, -0.1) is 0 Å². The molecule has 2 fully saturated rings. The predicted octanol–water partition coefficient (Wildman–Crippen LogP) is 0.135. The van der Waals surface area contributed by atoms with Crippen LogP contribution < -0.4 is 14.8 Å². The second-order valence-corrected chi connectivity index (χ2v) is 5.52. The van der Waals surface area contributed by atoms with Gasteiger partial charge in [0.1, 0.15) is 12.7 Å². The third-order valence-corrected chi connectivity index (χ3v) is 3.91. The molecule has 1 aromatic heterocycles. The number of nitrogens with one attached hydrogen (secondary N) is 1. The molecule has 1 N–H and O–H groups in total. The van der Waals surface area contributed by atoms with Crippen LogP contribution in [0.1, 0.15) is 25.7 Å². The maximum Gasteiger partial charge on any atom is 0.278 e. The minimum absolute atomic E-state index is 0.0945. The molecule has 0 atom stereocenters. The van der Waals surface area contributed by atoms with Crippen LogP contribution in [0.4, 0.5) is 0 Å². The highest BCUT2D eigenvalue weighted by Crippen LogP contribution is 2.23. The van der Waals surface area contributed by atoms with E-state index in [0.29, 0.717) is 11.8 Å². The van der Waals surface area contributed by atoms with Gasteiger partial charge in [-0.05, 0) is 25.9 Å². The van der Waals surface area contributed by atoms with Gasteiger partial charge in [-0.3, -0.25) is 14.5 Å². The summed E-state index contributed by atoms with van der Waals surface area (Å²) in [4.78, 5) is 32.6. The molecule has 0 aromatic carbocycles. The molecular formula is C15H20N4O4. The van der Waals surface area contributed by atoms with Crippen LogP contribution in [-0.2, 0) is 9.59 Å². The molecule has 8 nitrogen and oxygen atoms in total. The minimum atomic E-state index is -0.149. The van der Waals surface area contributed by atoms with Gasteiger partial charge in [-0.2, -0.15) is 0 Å². The van der Waals surface area contributed by atoms with Gasteiger partial charge >= 0.3 is 0 Å². The molecule has 0 bridgehead atoms. The number of nitrogens with zero attached hydrogens (tertiary/aromatic N) is 3. The molecule has 2 aliphatic heterocycles. The number of aromatic nitrogens is 2. The van der Waals surface area contributed by atoms with E-state index in [0.717, 1.165) is 25.9 Å². The average Bonchev–Trinajstić information content (AvgIpc) is 2.89. The number of amides is 2. The largest absolute Gasteiger partial charge is 0.472 e. The third-order valence-electron chi connectivity index (χ3n) is 3.91. The Kier molecular flexibility index (Phi) is 5.02. The maximum atomic E-state index is 11.5. The van der Waals surface area contributed by atoms with Crippen LogP contribution in [0.15, 0.2) is 12.4 Å². The monoisotopic (exact) mass is 320 g/mol. The molecule has 23 heavy (non-hydrogen) atoms. The first-order chi connectivity index (χ1) is 11.2. The summed E-state index contributed by atoms with van der Waals surface area (Å²) in [5.41, 5.74) is 0. The zero-order valence-corrected chi connectivity index (χ0v) is 12.9. The molecule has 2 amide bonds. The number of ether oxygens (including phenoxy) is 2. The number of likely N-dealkylation sites (tertiary alicyclic amines) is 1. The Morgan fingerprint density at radius 3 is 2.43 bits per heavy atom. The summed E-state index contributed by atoms with van der Waals surface area (Å²) in [5.74, 6) is 0.358. The van der Waals surface area contributed by atoms with Gasteiger partial charge < -0.3 is 14.8 Å². The fourth-order valence-electron chi connectivity index (χ4n) is 2.67. The molecule has 3 heterocycles. The van der Waals surface area contributed by atoms with Crippen LogP contribution >= 0.6 is 0 Å². The lowest BCUT2D eigenvalue weighted by Crippen LogP contribution is -2.34. The van der Waals surface area contributed by atoms with E-state index in [2.05, 4.69) is 15.3 Å². The lowest BCUT2D eigenvalue weighted by atomic mass is 10.1. The molecule has 2 aliphatic rings. The first kappa shape index (κ1) is 15.7. The molecule has 0 aliphatic carbocycles. The summed E-state index contributed by atoms with van der Waals surface area (Å²) in [6, 6.07) is 0. The number of piperidine rings is 1. The molecule has 124 valence electrons. The number of hydrogen-bond donors (Lipinski definition) is 1. The number of rotatable bonds is 6. The van der Waals surface area contributed by atoms with Crippen molar-refractivity contribution in [2.75, 3.05) is 26.2 Å². The van der Waals surface area contributed by atoms with Gasteiger partial charge in [-0.1, -0.05) is 0 Å². The second kappa shape index (κ2) is 7.36. The van der Waals surface area contributed by atoms with E-state index < -0.39 is 0 Å². The Labute approximate surface area is 134 Å². The molecule has 0 radical (unpaired) electrons. The van der Waals surface area contributed by atoms with Crippen molar-refractivity contribution < 1.29 is 19.1 Å². The normalized spacial score (nSPS) is 19.2. The minimum Gasteiger partial charge on any atom is -0.472 e. The first-order valence-corrected chi connectivity index (χ1v) is 7.88. The Hall–Kier alpha value is -2.22. The molecule has 0 unspecified atom stereocenters. The van der Waals surface area contributed by atoms with Crippen LogP contribution in [0.2, 0.25) is 0 Å².